The van der Waals surface area contributed by atoms with Gasteiger partial charge in [-0.25, -0.2) is 8.78 Å². The van der Waals surface area contributed by atoms with Crippen LogP contribution in [0.25, 0.3) is 11.5 Å². The highest BCUT2D eigenvalue weighted by molar-refractivity contribution is 5.96. The predicted octanol–water partition coefficient (Wildman–Crippen LogP) is 3.71. The molecule has 10 heteroatoms. The molecule has 2 amide bonds. The van der Waals surface area contributed by atoms with Gasteiger partial charge in [0, 0.05) is 43.1 Å². The first-order valence-electron chi connectivity index (χ1n) is 11.6. The summed E-state index contributed by atoms with van der Waals surface area (Å²) in [7, 11) is 0. The molecule has 0 radical (unpaired) electrons. The number of rotatable bonds is 3. The SMILES string of the molecule is O=C(c1cccc(-c2nnco2)c1)N1CCC2(CC1)OC1CCC(c3cc(F)cc(F)c3)N1C2=O. The molecule has 1 aromatic heterocycles. The zero-order valence-electron chi connectivity index (χ0n) is 18.7. The van der Waals surface area contributed by atoms with Crippen LogP contribution < -0.4 is 0 Å². The van der Waals surface area contributed by atoms with Crippen molar-refractivity contribution >= 4 is 11.8 Å². The van der Waals surface area contributed by atoms with Gasteiger partial charge in [0.15, 0.2) is 5.60 Å². The Morgan fingerprint density at radius 3 is 2.54 bits per heavy atom. The first-order valence-corrected chi connectivity index (χ1v) is 11.6. The van der Waals surface area contributed by atoms with Crippen molar-refractivity contribution in [3.8, 4) is 11.5 Å². The Balaban J connectivity index is 1.17. The van der Waals surface area contributed by atoms with Gasteiger partial charge < -0.3 is 19.0 Å². The molecule has 0 aliphatic carbocycles. The summed E-state index contributed by atoms with van der Waals surface area (Å²) in [5.74, 6) is -1.32. The number of hydrogen-bond donors (Lipinski definition) is 0. The number of benzene rings is 2. The molecular formula is C25H22F2N4O4. The Kier molecular flexibility index (Phi) is 5.14. The summed E-state index contributed by atoms with van der Waals surface area (Å²) in [4.78, 5) is 30.0. The molecule has 2 aromatic carbocycles. The van der Waals surface area contributed by atoms with Gasteiger partial charge in [-0.3, -0.25) is 9.59 Å². The molecule has 3 aromatic rings. The molecule has 3 fully saturated rings. The Bertz CT molecular complexity index is 1270. The fourth-order valence-corrected chi connectivity index (χ4v) is 5.48. The maximum Gasteiger partial charge on any atom is 0.257 e. The largest absolute Gasteiger partial charge is 0.423 e. The van der Waals surface area contributed by atoms with Gasteiger partial charge in [-0.2, -0.15) is 0 Å². The number of carbonyl (C=O) groups is 2. The smallest absolute Gasteiger partial charge is 0.257 e. The van der Waals surface area contributed by atoms with Crippen LogP contribution >= 0.6 is 0 Å². The number of likely N-dealkylation sites (tertiary alicyclic amines) is 1. The summed E-state index contributed by atoms with van der Waals surface area (Å²) in [6.45, 7) is 0.713. The van der Waals surface area contributed by atoms with Crippen molar-refractivity contribution in [1.82, 2.24) is 20.0 Å². The predicted molar refractivity (Wildman–Crippen MR) is 118 cm³/mol. The van der Waals surface area contributed by atoms with Gasteiger partial charge in [0.2, 0.25) is 12.3 Å². The maximum atomic E-state index is 13.8. The molecule has 1 spiro atoms. The normalized spacial score (nSPS) is 23.2. The molecule has 8 nitrogen and oxygen atoms in total. The minimum atomic E-state index is -1.02. The van der Waals surface area contributed by atoms with Crippen molar-refractivity contribution in [3.05, 3.63) is 71.6 Å². The first-order chi connectivity index (χ1) is 16.9. The average molecular weight is 480 g/mol. The molecular weight excluding hydrogens is 458 g/mol. The van der Waals surface area contributed by atoms with E-state index in [-0.39, 0.29) is 11.8 Å². The molecule has 3 aliphatic rings. The third-order valence-electron chi connectivity index (χ3n) is 7.16. The van der Waals surface area contributed by atoms with Gasteiger partial charge in [-0.05, 0) is 48.7 Å². The summed E-state index contributed by atoms with van der Waals surface area (Å²) in [5, 5.41) is 7.55. The molecule has 4 heterocycles. The number of carbonyl (C=O) groups excluding carboxylic acids is 2. The van der Waals surface area contributed by atoms with Crippen LogP contribution in [0.5, 0.6) is 0 Å². The van der Waals surface area contributed by atoms with Crippen LogP contribution in [0.4, 0.5) is 8.78 Å². The van der Waals surface area contributed by atoms with E-state index in [1.165, 1.54) is 18.5 Å². The highest BCUT2D eigenvalue weighted by Gasteiger charge is 2.58. The van der Waals surface area contributed by atoms with Gasteiger partial charge >= 0.3 is 0 Å². The van der Waals surface area contributed by atoms with Crippen LogP contribution in [0.3, 0.4) is 0 Å². The molecule has 180 valence electrons. The highest BCUT2D eigenvalue weighted by atomic mass is 19.1. The van der Waals surface area contributed by atoms with Crippen molar-refractivity contribution in [2.75, 3.05) is 13.1 Å². The van der Waals surface area contributed by atoms with E-state index in [4.69, 9.17) is 9.15 Å². The number of piperidine rings is 1. The van der Waals surface area contributed by atoms with Crippen LogP contribution in [0.15, 0.2) is 53.3 Å². The summed E-state index contributed by atoms with van der Waals surface area (Å²) >= 11 is 0. The van der Waals surface area contributed by atoms with Crippen LogP contribution in [-0.2, 0) is 9.53 Å². The van der Waals surface area contributed by atoms with E-state index in [2.05, 4.69) is 10.2 Å². The lowest BCUT2D eigenvalue weighted by Crippen LogP contribution is -2.51. The number of fused-ring (bicyclic) bond motifs is 1. The van der Waals surface area contributed by atoms with Gasteiger partial charge in [-0.1, -0.05) is 6.07 Å². The van der Waals surface area contributed by atoms with Crippen LogP contribution in [0.1, 0.15) is 47.6 Å². The van der Waals surface area contributed by atoms with Crippen LogP contribution in [0, 0.1) is 11.6 Å². The Morgan fingerprint density at radius 2 is 1.83 bits per heavy atom. The lowest BCUT2D eigenvalue weighted by Gasteiger charge is -2.37. The lowest BCUT2D eigenvalue weighted by atomic mass is 9.89. The molecule has 35 heavy (non-hydrogen) atoms. The topological polar surface area (TPSA) is 88.8 Å². The molecule has 2 unspecified atom stereocenters. The second-order valence-corrected chi connectivity index (χ2v) is 9.19. The number of amides is 2. The van der Waals surface area contributed by atoms with Crippen molar-refractivity contribution in [3.63, 3.8) is 0 Å². The third-order valence-corrected chi connectivity index (χ3v) is 7.16. The first kappa shape index (κ1) is 21.8. The van der Waals surface area contributed by atoms with Gasteiger partial charge in [0.1, 0.15) is 17.9 Å². The standard InChI is InChI=1S/C25H22F2N4O4/c26-18-11-17(12-19(27)13-18)20-4-5-21-31(20)24(33)25(35-21)6-8-30(9-7-25)23(32)16-3-1-2-15(10-16)22-29-28-14-34-22/h1-3,10-14,20-21H,4-9H2. The molecule has 6 rings (SSSR count). The summed E-state index contributed by atoms with van der Waals surface area (Å²) in [6.07, 6.45) is 2.70. The fraction of sp³-hybridized carbons (Fsp3) is 0.360. The second kappa shape index (κ2) is 8.23. The van der Waals surface area contributed by atoms with Gasteiger partial charge in [-0.15, -0.1) is 10.2 Å². The summed E-state index contributed by atoms with van der Waals surface area (Å²) in [6, 6.07) is 9.92. The molecule has 3 saturated heterocycles. The molecule has 3 aliphatic heterocycles. The van der Waals surface area contributed by atoms with Gasteiger partial charge in [0.25, 0.3) is 11.8 Å². The summed E-state index contributed by atoms with van der Waals surface area (Å²) in [5.41, 5.74) is 0.561. The third kappa shape index (κ3) is 3.68. The van der Waals surface area contributed by atoms with E-state index < -0.39 is 29.5 Å². The number of aromatic nitrogens is 2. The fourth-order valence-electron chi connectivity index (χ4n) is 5.48. The molecule has 0 saturated carbocycles. The zero-order chi connectivity index (χ0) is 24.2. The van der Waals surface area contributed by atoms with Crippen LogP contribution in [-0.4, -0.2) is 56.7 Å². The monoisotopic (exact) mass is 480 g/mol. The van der Waals surface area contributed by atoms with E-state index in [0.29, 0.717) is 61.4 Å². The Morgan fingerprint density at radius 1 is 1.06 bits per heavy atom. The van der Waals surface area contributed by atoms with E-state index >= 15 is 0 Å². The van der Waals surface area contributed by atoms with Crippen molar-refractivity contribution in [2.24, 2.45) is 0 Å². The van der Waals surface area contributed by atoms with Crippen molar-refractivity contribution in [2.45, 2.75) is 43.6 Å². The van der Waals surface area contributed by atoms with Gasteiger partial charge in [0.05, 0.1) is 6.04 Å². The number of nitrogens with zero attached hydrogens (tertiary/aromatic N) is 4. The van der Waals surface area contributed by atoms with Crippen molar-refractivity contribution in [1.29, 1.82) is 0 Å². The van der Waals surface area contributed by atoms with Crippen LogP contribution in [0.2, 0.25) is 0 Å². The quantitative estimate of drug-likeness (QED) is 0.568. The molecule has 2 atom stereocenters. The highest BCUT2D eigenvalue weighted by Crippen LogP contribution is 2.47. The summed E-state index contributed by atoms with van der Waals surface area (Å²) < 4.78 is 39.1. The van der Waals surface area contributed by atoms with E-state index in [1.54, 1.807) is 34.1 Å². The minimum Gasteiger partial charge on any atom is -0.423 e. The molecule has 0 N–H and O–H groups in total. The lowest BCUT2D eigenvalue weighted by molar-refractivity contribution is -0.142. The number of hydrogen-bond acceptors (Lipinski definition) is 6. The number of halogens is 2. The van der Waals surface area contributed by atoms with E-state index in [1.807, 2.05) is 0 Å². The molecule has 0 bridgehead atoms. The Hall–Kier alpha value is -3.66. The Labute approximate surface area is 199 Å². The van der Waals surface area contributed by atoms with E-state index in [0.717, 1.165) is 6.07 Å². The maximum absolute atomic E-state index is 13.8. The minimum absolute atomic E-state index is 0.153. The average Bonchev–Trinajstić information content (AvgIpc) is 3.58. The van der Waals surface area contributed by atoms with E-state index in [9.17, 15) is 18.4 Å². The zero-order valence-corrected chi connectivity index (χ0v) is 18.7. The van der Waals surface area contributed by atoms with Crippen molar-refractivity contribution < 1.29 is 27.5 Å². The number of ether oxygens (including phenoxy) is 1. The second-order valence-electron chi connectivity index (χ2n) is 9.19.